The molecule has 3 aromatic heterocycles. The summed E-state index contributed by atoms with van der Waals surface area (Å²) in [7, 11) is 0. The number of benzene rings is 1. The second kappa shape index (κ2) is 9.68. The fraction of sp³-hybridized carbons (Fsp3) is 0.167. The van der Waals surface area contributed by atoms with Crippen LogP contribution < -0.4 is 4.90 Å². The molecule has 8 nitrogen and oxygen atoms in total. The number of aliphatic hydroxyl groups excluding tert-OH is 1. The van der Waals surface area contributed by atoms with E-state index in [9.17, 15) is 14.7 Å². The standard InChI is InChI=1S/C24H19N5O3S3/c1-13-21(34-14(2)26-13)19(30)17-18(16-9-6-10-25-11-16)29(22(32)20(17)31)23-27-28-24(35-23)33-12-15-7-4-3-5-8-15/h3-11,18,31H,12H2,1-2H3. The quantitative estimate of drug-likeness (QED) is 0.204. The van der Waals surface area contributed by atoms with Crippen LogP contribution in [0.1, 0.15) is 37.5 Å². The average Bonchev–Trinajstić information content (AvgIpc) is 3.54. The van der Waals surface area contributed by atoms with Gasteiger partial charge in [0, 0.05) is 18.1 Å². The van der Waals surface area contributed by atoms with E-state index in [-0.39, 0.29) is 5.57 Å². The van der Waals surface area contributed by atoms with E-state index in [4.69, 9.17) is 0 Å². The van der Waals surface area contributed by atoms with Gasteiger partial charge in [-0.05, 0) is 31.0 Å². The Bertz CT molecular complexity index is 1430. The lowest BCUT2D eigenvalue weighted by atomic mass is 9.96. The van der Waals surface area contributed by atoms with Gasteiger partial charge in [-0.1, -0.05) is 59.5 Å². The Labute approximate surface area is 213 Å². The Balaban J connectivity index is 1.50. The molecular weight excluding hydrogens is 502 g/mol. The van der Waals surface area contributed by atoms with Gasteiger partial charge in [-0.25, -0.2) is 4.98 Å². The molecule has 0 aliphatic carbocycles. The maximum atomic E-state index is 13.6. The lowest BCUT2D eigenvalue weighted by Gasteiger charge is -2.23. The second-order valence-corrected chi connectivity index (χ2v) is 11.1. The predicted molar refractivity (Wildman–Crippen MR) is 136 cm³/mol. The first-order chi connectivity index (χ1) is 16.9. The van der Waals surface area contributed by atoms with Crippen molar-refractivity contribution < 1.29 is 14.7 Å². The normalized spacial score (nSPS) is 15.8. The van der Waals surface area contributed by atoms with Gasteiger partial charge in [0.05, 0.1) is 27.2 Å². The lowest BCUT2D eigenvalue weighted by Crippen LogP contribution is -2.31. The Hall–Kier alpha value is -3.41. The first-order valence-corrected chi connectivity index (χ1v) is 13.2. The maximum Gasteiger partial charge on any atom is 0.296 e. The van der Waals surface area contributed by atoms with Crippen molar-refractivity contribution in [2.45, 2.75) is 30.0 Å². The number of carbonyl (C=O) groups is 2. The van der Waals surface area contributed by atoms with Crippen molar-refractivity contribution in [2.24, 2.45) is 0 Å². The van der Waals surface area contributed by atoms with E-state index in [2.05, 4.69) is 20.2 Å². The number of aromatic nitrogens is 4. The zero-order chi connectivity index (χ0) is 24.5. The van der Waals surface area contributed by atoms with Crippen LogP contribution in [0.2, 0.25) is 0 Å². The monoisotopic (exact) mass is 521 g/mol. The van der Waals surface area contributed by atoms with Gasteiger partial charge in [0.2, 0.25) is 10.9 Å². The van der Waals surface area contributed by atoms with Crippen molar-refractivity contribution in [1.82, 2.24) is 20.2 Å². The highest BCUT2D eigenvalue weighted by Crippen LogP contribution is 2.44. The molecule has 1 unspecified atom stereocenters. The zero-order valence-corrected chi connectivity index (χ0v) is 21.2. The highest BCUT2D eigenvalue weighted by molar-refractivity contribution is 8.00. The summed E-state index contributed by atoms with van der Waals surface area (Å²) in [6, 6.07) is 12.6. The van der Waals surface area contributed by atoms with Gasteiger partial charge in [0.1, 0.15) is 0 Å². The summed E-state index contributed by atoms with van der Waals surface area (Å²) >= 11 is 3.98. The molecule has 1 N–H and O–H groups in total. The summed E-state index contributed by atoms with van der Waals surface area (Å²) in [5, 5.41) is 20.4. The molecule has 1 atom stereocenters. The lowest BCUT2D eigenvalue weighted by molar-refractivity contribution is -0.117. The summed E-state index contributed by atoms with van der Waals surface area (Å²) < 4.78 is 0.676. The van der Waals surface area contributed by atoms with Crippen LogP contribution in [0.3, 0.4) is 0 Å². The number of hydrogen-bond donors (Lipinski definition) is 1. The molecule has 11 heteroatoms. The summed E-state index contributed by atoms with van der Waals surface area (Å²) in [5.74, 6) is -1.02. The molecule has 0 fully saturated rings. The third-order valence-corrected chi connectivity index (χ3v) is 8.57. The van der Waals surface area contributed by atoms with E-state index >= 15 is 0 Å². The molecule has 1 aromatic carbocycles. The van der Waals surface area contributed by atoms with Crippen molar-refractivity contribution in [1.29, 1.82) is 0 Å². The summed E-state index contributed by atoms with van der Waals surface area (Å²) in [6.45, 7) is 3.55. The minimum absolute atomic E-state index is 0.0107. The number of hydrogen-bond acceptors (Lipinski definition) is 10. The average molecular weight is 522 g/mol. The zero-order valence-electron chi connectivity index (χ0n) is 18.7. The molecule has 35 heavy (non-hydrogen) atoms. The number of nitrogens with zero attached hydrogens (tertiary/aromatic N) is 5. The van der Waals surface area contributed by atoms with Crippen molar-refractivity contribution in [3.05, 3.63) is 92.9 Å². The highest BCUT2D eigenvalue weighted by atomic mass is 32.2. The van der Waals surface area contributed by atoms with Gasteiger partial charge in [0.25, 0.3) is 5.91 Å². The SMILES string of the molecule is Cc1nc(C)c(C(=O)C2=C(O)C(=O)N(c3nnc(SCc4ccccc4)s3)C2c2cccnc2)s1. The van der Waals surface area contributed by atoms with Crippen LogP contribution in [0, 0.1) is 13.8 Å². The molecule has 0 spiro atoms. The van der Waals surface area contributed by atoms with Crippen LogP contribution in [0.5, 0.6) is 0 Å². The maximum absolute atomic E-state index is 13.6. The molecule has 4 heterocycles. The number of Topliss-reactive ketones (excluding diaryl/α,β-unsaturated/α-hetero) is 1. The number of carbonyl (C=O) groups excluding carboxylic acids is 2. The number of anilines is 1. The number of ketones is 1. The van der Waals surface area contributed by atoms with Crippen molar-refractivity contribution in [3.8, 4) is 0 Å². The molecule has 4 aromatic rings. The van der Waals surface area contributed by atoms with Gasteiger partial charge in [-0.2, -0.15) is 0 Å². The van der Waals surface area contributed by atoms with Crippen LogP contribution in [0.15, 0.2) is 70.5 Å². The number of amides is 1. The van der Waals surface area contributed by atoms with Crippen LogP contribution in [-0.4, -0.2) is 37.0 Å². The number of thioether (sulfide) groups is 1. The summed E-state index contributed by atoms with van der Waals surface area (Å²) in [5.41, 5.74) is 2.27. The van der Waals surface area contributed by atoms with Crippen LogP contribution in [-0.2, 0) is 10.5 Å². The summed E-state index contributed by atoms with van der Waals surface area (Å²) in [6.07, 6.45) is 3.18. The Morgan fingerprint density at radius 3 is 2.60 bits per heavy atom. The minimum atomic E-state index is -0.884. The van der Waals surface area contributed by atoms with E-state index in [1.54, 1.807) is 31.5 Å². The molecule has 1 aliphatic heterocycles. The smallest absolute Gasteiger partial charge is 0.296 e. The second-order valence-electron chi connectivity index (χ2n) is 7.73. The van der Waals surface area contributed by atoms with Gasteiger partial charge in [-0.15, -0.1) is 21.5 Å². The number of rotatable bonds is 7. The van der Waals surface area contributed by atoms with Crippen LogP contribution >= 0.6 is 34.4 Å². The largest absolute Gasteiger partial charge is 0.503 e. The number of pyridine rings is 1. The van der Waals surface area contributed by atoms with E-state index in [1.807, 2.05) is 37.3 Å². The fourth-order valence-corrected chi connectivity index (χ4v) is 6.53. The number of aliphatic hydroxyl groups is 1. The van der Waals surface area contributed by atoms with Gasteiger partial charge >= 0.3 is 0 Å². The molecule has 0 bridgehead atoms. The van der Waals surface area contributed by atoms with Gasteiger partial charge in [0.15, 0.2) is 10.1 Å². The van der Waals surface area contributed by atoms with E-state index in [0.29, 0.717) is 31.4 Å². The molecule has 1 amide bonds. The minimum Gasteiger partial charge on any atom is -0.503 e. The predicted octanol–water partition coefficient (Wildman–Crippen LogP) is 5.08. The van der Waals surface area contributed by atoms with Crippen molar-refractivity contribution in [2.75, 3.05) is 4.90 Å². The van der Waals surface area contributed by atoms with Crippen LogP contribution in [0.25, 0.3) is 0 Å². The highest BCUT2D eigenvalue weighted by Gasteiger charge is 2.46. The third-order valence-electron chi connectivity index (χ3n) is 5.37. The molecule has 5 rings (SSSR count). The number of aryl methyl sites for hydroxylation is 2. The molecule has 0 radical (unpaired) electrons. The fourth-order valence-electron chi connectivity index (χ4n) is 3.83. The van der Waals surface area contributed by atoms with E-state index < -0.39 is 23.5 Å². The Morgan fingerprint density at radius 2 is 1.91 bits per heavy atom. The third kappa shape index (κ3) is 4.49. The first kappa shape index (κ1) is 23.3. The molecular formula is C24H19N5O3S3. The summed E-state index contributed by atoms with van der Waals surface area (Å²) in [4.78, 5) is 37.1. The number of thiazole rings is 1. The molecule has 0 saturated heterocycles. The van der Waals surface area contributed by atoms with Gasteiger partial charge in [-0.3, -0.25) is 19.5 Å². The van der Waals surface area contributed by atoms with Crippen LogP contribution in [0.4, 0.5) is 5.13 Å². The van der Waals surface area contributed by atoms with E-state index in [1.165, 1.54) is 39.3 Å². The topological polar surface area (TPSA) is 109 Å². The van der Waals surface area contributed by atoms with Gasteiger partial charge < -0.3 is 5.11 Å². The molecule has 1 aliphatic rings. The van der Waals surface area contributed by atoms with Crippen molar-refractivity contribution >= 4 is 51.3 Å². The van der Waals surface area contributed by atoms with Crippen molar-refractivity contribution in [3.63, 3.8) is 0 Å². The first-order valence-electron chi connectivity index (χ1n) is 10.6. The Kier molecular flexibility index (Phi) is 6.46. The molecule has 0 saturated carbocycles. The Morgan fingerprint density at radius 1 is 1.11 bits per heavy atom. The van der Waals surface area contributed by atoms with E-state index in [0.717, 1.165) is 10.6 Å². The molecule has 176 valence electrons.